The molecule has 1 aliphatic carbocycles. The number of nitrogens with zero attached hydrogens (tertiary/aromatic N) is 2. The van der Waals surface area contributed by atoms with Crippen molar-refractivity contribution in [2.75, 3.05) is 32.9 Å². The molecule has 2 fully saturated rings. The average molecular weight is 568 g/mol. The predicted molar refractivity (Wildman–Crippen MR) is 148 cm³/mol. The highest BCUT2D eigenvalue weighted by Gasteiger charge is 2.41. The van der Waals surface area contributed by atoms with Crippen LogP contribution in [0.25, 0.3) is 0 Å². The maximum Gasteiger partial charge on any atom is 0.273 e. The number of carbonyl (C=O) groups is 2. The third-order valence-corrected chi connectivity index (χ3v) is 7.30. The van der Waals surface area contributed by atoms with Crippen molar-refractivity contribution in [1.82, 2.24) is 20.5 Å². The van der Waals surface area contributed by atoms with E-state index in [1.807, 2.05) is 24.0 Å². The zero-order chi connectivity index (χ0) is 25.1. The van der Waals surface area contributed by atoms with E-state index in [1.54, 1.807) is 6.07 Å². The summed E-state index contributed by atoms with van der Waals surface area (Å²) in [4.78, 5) is 32.2. The van der Waals surface area contributed by atoms with Gasteiger partial charge in [-0.3, -0.25) is 9.59 Å². The minimum atomic E-state index is -0.737. The van der Waals surface area contributed by atoms with Crippen LogP contribution in [0.1, 0.15) is 51.7 Å². The monoisotopic (exact) mass is 566 g/mol. The van der Waals surface area contributed by atoms with Gasteiger partial charge in [0.2, 0.25) is 0 Å². The summed E-state index contributed by atoms with van der Waals surface area (Å²) in [5.74, 6) is -0.247. The molecule has 2 aromatic rings. The molecule has 2 amide bonds. The number of hydrogen-bond acceptors (Lipinski definition) is 7. The van der Waals surface area contributed by atoms with Gasteiger partial charge in [-0.1, -0.05) is 24.3 Å². The number of nitrogens with one attached hydrogen (secondary N) is 2. The van der Waals surface area contributed by atoms with Crippen molar-refractivity contribution in [2.45, 2.75) is 56.8 Å². The number of rotatable bonds is 9. The molecular weight excluding hydrogens is 531 g/mol. The number of ether oxygens (including phenoxy) is 2. The van der Waals surface area contributed by atoms with Crippen molar-refractivity contribution in [1.29, 1.82) is 0 Å². The van der Waals surface area contributed by atoms with Gasteiger partial charge >= 0.3 is 0 Å². The zero-order valence-corrected chi connectivity index (χ0v) is 23.1. The van der Waals surface area contributed by atoms with E-state index < -0.39 is 12.0 Å². The summed E-state index contributed by atoms with van der Waals surface area (Å²) in [7, 11) is 0. The van der Waals surface area contributed by atoms with Gasteiger partial charge in [0, 0.05) is 31.4 Å². The zero-order valence-electron chi connectivity index (χ0n) is 21.4. The molecule has 11 heteroatoms. The fraction of sp³-hybridized carbons (Fsp3) is 0.519. The second-order valence-electron chi connectivity index (χ2n) is 9.78. The Morgan fingerprint density at radius 2 is 1.79 bits per heavy atom. The third kappa shape index (κ3) is 6.58. The van der Waals surface area contributed by atoms with Crippen molar-refractivity contribution in [3.05, 3.63) is 58.9 Å². The maximum absolute atomic E-state index is 13.2. The van der Waals surface area contributed by atoms with E-state index in [-0.39, 0.29) is 66.6 Å². The molecule has 2 bridgehead atoms. The van der Waals surface area contributed by atoms with Crippen molar-refractivity contribution in [3.8, 4) is 5.75 Å². The number of morpholine rings is 1. The Morgan fingerprint density at radius 3 is 2.42 bits per heavy atom. The summed E-state index contributed by atoms with van der Waals surface area (Å²) < 4.78 is 11.3. The van der Waals surface area contributed by atoms with Gasteiger partial charge in [-0.05, 0) is 43.7 Å². The molecule has 9 nitrogen and oxygen atoms in total. The van der Waals surface area contributed by atoms with E-state index in [0.29, 0.717) is 32.1 Å². The average Bonchev–Trinajstić information content (AvgIpc) is 3.42. The fourth-order valence-electron chi connectivity index (χ4n) is 5.48. The SMILES string of the molecule is CCOc1cc(C(=O)N2C3CCC2COC3)ncc1C(=O)NCC(O)CNC1Cc2ccccc2C1.Cl.Cl. The van der Waals surface area contributed by atoms with Gasteiger partial charge in [-0.15, -0.1) is 24.8 Å². The topological polar surface area (TPSA) is 113 Å². The summed E-state index contributed by atoms with van der Waals surface area (Å²) in [5, 5.41) is 16.6. The van der Waals surface area contributed by atoms with Gasteiger partial charge in [0.25, 0.3) is 11.8 Å². The summed E-state index contributed by atoms with van der Waals surface area (Å²) >= 11 is 0. The van der Waals surface area contributed by atoms with Gasteiger partial charge in [-0.25, -0.2) is 4.98 Å². The van der Waals surface area contributed by atoms with E-state index >= 15 is 0 Å². The normalized spacial score (nSPS) is 20.6. The summed E-state index contributed by atoms with van der Waals surface area (Å²) in [6.07, 6.45) is 4.39. The highest BCUT2D eigenvalue weighted by molar-refractivity contribution is 5.99. The Kier molecular flexibility index (Phi) is 10.8. The number of aliphatic hydroxyl groups excluding tert-OH is 1. The Morgan fingerprint density at radius 1 is 1.13 bits per heavy atom. The number of benzene rings is 1. The fourth-order valence-corrected chi connectivity index (χ4v) is 5.48. The summed E-state index contributed by atoms with van der Waals surface area (Å²) in [6, 6.07) is 10.4. The minimum absolute atomic E-state index is 0. The van der Waals surface area contributed by atoms with Gasteiger partial charge in [-0.2, -0.15) is 0 Å². The van der Waals surface area contributed by atoms with E-state index in [0.717, 1.165) is 25.7 Å². The minimum Gasteiger partial charge on any atom is -0.493 e. The molecule has 0 radical (unpaired) electrons. The van der Waals surface area contributed by atoms with Crippen LogP contribution in [0.2, 0.25) is 0 Å². The smallest absolute Gasteiger partial charge is 0.273 e. The molecule has 1 aromatic heterocycles. The van der Waals surface area contributed by atoms with Crippen molar-refractivity contribution >= 4 is 36.6 Å². The molecule has 5 rings (SSSR count). The lowest BCUT2D eigenvalue weighted by Gasteiger charge is -2.34. The Bertz CT molecular complexity index is 1080. The van der Waals surface area contributed by atoms with Gasteiger partial charge < -0.3 is 30.1 Å². The number of fused-ring (bicyclic) bond motifs is 3. The number of halogens is 2. The Balaban J connectivity index is 0.00000200. The maximum atomic E-state index is 13.2. The summed E-state index contributed by atoms with van der Waals surface area (Å²) in [6.45, 7) is 3.73. The number of hydrogen-bond donors (Lipinski definition) is 3. The molecule has 3 aliphatic rings. The second kappa shape index (κ2) is 13.6. The first-order chi connectivity index (χ1) is 17.5. The van der Waals surface area contributed by atoms with Gasteiger partial charge in [0.15, 0.2) is 0 Å². The quantitative estimate of drug-likeness (QED) is 0.426. The van der Waals surface area contributed by atoms with Crippen LogP contribution in [-0.4, -0.2) is 83.9 Å². The lowest BCUT2D eigenvalue weighted by Crippen LogP contribution is -2.49. The molecular formula is C27H36Cl2N4O5. The molecule has 208 valence electrons. The van der Waals surface area contributed by atoms with Crippen molar-refractivity contribution in [2.24, 2.45) is 0 Å². The van der Waals surface area contributed by atoms with Crippen LogP contribution in [-0.2, 0) is 17.6 Å². The van der Waals surface area contributed by atoms with E-state index in [9.17, 15) is 14.7 Å². The van der Waals surface area contributed by atoms with Gasteiger partial charge in [0.1, 0.15) is 11.4 Å². The Hall–Kier alpha value is -2.43. The van der Waals surface area contributed by atoms with E-state index in [1.165, 1.54) is 17.3 Å². The highest BCUT2D eigenvalue weighted by atomic mass is 35.5. The third-order valence-electron chi connectivity index (χ3n) is 7.30. The number of aromatic nitrogens is 1. The van der Waals surface area contributed by atoms with Crippen LogP contribution in [0, 0.1) is 0 Å². The molecule has 38 heavy (non-hydrogen) atoms. The first kappa shape index (κ1) is 30.1. The van der Waals surface area contributed by atoms with Gasteiger partial charge in [0.05, 0.1) is 43.6 Å². The van der Waals surface area contributed by atoms with E-state index in [2.05, 4.69) is 27.8 Å². The molecule has 3 unspecified atom stereocenters. The number of carbonyl (C=O) groups excluding carboxylic acids is 2. The largest absolute Gasteiger partial charge is 0.493 e. The van der Waals surface area contributed by atoms with Crippen LogP contribution in [0.5, 0.6) is 5.75 Å². The molecule has 0 spiro atoms. The Labute approximate surface area is 235 Å². The molecule has 3 atom stereocenters. The first-order valence-electron chi connectivity index (χ1n) is 12.8. The van der Waals surface area contributed by atoms with Crippen LogP contribution in [0.15, 0.2) is 36.5 Å². The van der Waals surface area contributed by atoms with Crippen LogP contribution in [0.4, 0.5) is 0 Å². The molecule has 3 heterocycles. The number of aliphatic hydroxyl groups is 1. The molecule has 3 N–H and O–H groups in total. The highest BCUT2D eigenvalue weighted by Crippen LogP contribution is 2.31. The first-order valence-corrected chi connectivity index (χ1v) is 12.8. The molecule has 0 saturated carbocycles. The van der Waals surface area contributed by atoms with Crippen molar-refractivity contribution < 1.29 is 24.2 Å². The second-order valence-corrected chi connectivity index (χ2v) is 9.78. The van der Waals surface area contributed by atoms with Crippen LogP contribution < -0.4 is 15.4 Å². The van der Waals surface area contributed by atoms with Crippen LogP contribution >= 0.6 is 24.8 Å². The molecule has 2 aliphatic heterocycles. The molecule has 1 aromatic carbocycles. The lowest BCUT2D eigenvalue weighted by molar-refractivity contribution is -0.00748. The van der Waals surface area contributed by atoms with Crippen molar-refractivity contribution in [3.63, 3.8) is 0 Å². The lowest BCUT2D eigenvalue weighted by atomic mass is 10.1. The van der Waals surface area contributed by atoms with Crippen LogP contribution in [0.3, 0.4) is 0 Å². The molecule has 2 saturated heterocycles. The number of amides is 2. The summed E-state index contributed by atoms with van der Waals surface area (Å²) in [5.41, 5.74) is 3.19. The number of pyridine rings is 1. The predicted octanol–water partition coefficient (Wildman–Crippen LogP) is 2.18. The van der Waals surface area contributed by atoms with E-state index in [4.69, 9.17) is 9.47 Å². The standard InChI is InChI=1S/C27H34N4O5.2ClH/c1-2-36-25-11-24(27(34)31-20-7-8-21(31)16-35-15-20)29-14-23(25)26(33)30-13-22(32)12-28-19-9-17-5-3-4-6-18(17)10-19;;/h3-6,11,14,19-22,28,32H,2,7-10,12-13,15-16H2,1H3,(H,30,33);2*1H.